The standard InChI is InChI=1S/2C6F5.Ga.H2/c2*7-2-1-3(8)5(10)6(11)4(2)9;;/h;;;1H. The molecule has 2 aliphatic rings. The van der Waals surface area contributed by atoms with Gasteiger partial charge in [-0.25, -0.2) is 17.6 Å². The molecule has 11 heteroatoms. The summed E-state index contributed by atoms with van der Waals surface area (Å²) < 4.78 is 120. The van der Waals surface area contributed by atoms with Gasteiger partial charge in [0.2, 0.25) is 23.3 Å². The fourth-order valence-electron chi connectivity index (χ4n) is 0.990. The van der Waals surface area contributed by atoms with Crippen LogP contribution in [-0.2, 0) is 0 Å². The first-order valence-corrected chi connectivity index (χ1v) is 4.89. The molecule has 0 atom stereocenters. The second-order valence-electron chi connectivity index (χ2n) is 3.39. The topological polar surface area (TPSA) is 0 Å². The van der Waals surface area contributed by atoms with Crippen LogP contribution in [0.1, 0.15) is 1.43 Å². The summed E-state index contributed by atoms with van der Waals surface area (Å²) >= 11 is 0. The van der Waals surface area contributed by atoms with E-state index in [9.17, 15) is 43.9 Å². The van der Waals surface area contributed by atoms with Gasteiger partial charge in [-0.2, -0.15) is 26.3 Å². The Labute approximate surface area is 136 Å². The van der Waals surface area contributed by atoms with Crippen LogP contribution in [0.15, 0.2) is 58.1 Å². The van der Waals surface area contributed by atoms with Crippen LogP contribution in [0.2, 0.25) is 0 Å². The van der Waals surface area contributed by atoms with E-state index < -0.39 is 59.0 Å². The Hall–Kier alpha value is -1.54. The van der Waals surface area contributed by atoms with Crippen LogP contribution in [0.5, 0.6) is 0 Å². The first-order valence-electron chi connectivity index (χ1n) is 4.89. The normalized spacial score (nSPS) is 19.2. The van der Waals surface area contributed by atoms with Crippen LogP contribution < -0.4 is 0 Å². The molecule has 0 aromatic heterocycles. The Morgan fingerprint density at radius 2 is 0.696 bits per heavy atom. The van der Waals surface area contributed by atoms with Gasteiger partial charge in [-0.05, 0) is 11.5 Å². The van der Waals surface area contributed by atoms with Crippen molar-refractivity contribution in [2.24, 2.45) is 0 Å². The predicted octanol–water partition coefficient (Wildman–Crippen LogP) is 5.78. The zero-order valence-electron chi connectivity index (χ0n) is 10.4. The van der Waals surface area contributed by atoms with Gasteiger partial charge in [0.05, 0.1) is 0 Å². The summed E-state index contributed by atoms with van der Waals surface area (Å²) in [5, 5.41) is 0. The third kappa shape index (κ3) is 4.71. The number of halogens is 10. The maximum atomic E-state index is 12.0. The summed E-state index contributed by atoms with van der Waals surface area (Å²) in [6, 6.07) is 0. The van der Waals surface area contributed by atoms with E-state index in [4.69, 9.17) is 0 Å². The molecule has 0 aromatic carbocycles. The fourth-order valence-corrected chi connectivity index (χ4v) is 0.990. The molecule has 2 rings (SSSR count). The second kappa shape index (κ2) is 8.35. The SMILES string of the molecule is F[C]1C(F)=C=C(F)C(F)=C1F.F[C]1C(F)=C=C(F)C(F)=C1F.[Ga].[HH]. The predicted molar refractivity (Wildman–Crippen MR) is 60.6 cm³/mol. The molecule has 0 nitrogen and oxygen atoms in total. The van der Waals surface area contributed by atoms with Crippen LogP contribution in [0.25, 0.3) is 0 Å². The van der Waals surface area contributed by atoms with E-state index in [1.165, 1.54) is 0 Å². The first-order chi connectivity index (χ1) is 10.1. The Bertz CT molecular complexity index is 635. The molecule has 23 heavy (non-hydrogen) atoms. The zero-order valence-corrected chi connectivity index (χ0v) is 12.8. The van der Waals surface area contributed by atoms with E-state index in [0.29, 0.717) is 0 Å². The molecule has 0 N–H and O–H groups in total. The van der Waals surface area contributed by atoms with Crippen molar-refractivity contribution in [3.63, 3.8) is 0 Å². The van der Waals surface area contributed by atoms with Gasteiger partial charge in [0, 0.05) is 21.2 Å². The van der Waals surface area contributed by atoms with Crippen LogP contribution >= 0.6 is 0 Å². The van der Waals surface area contributed by atoms with Gasteiger partial charge in [0.25, 0.3) is 12.3 Å². The number of hydrogen-bond donors (Lipinski definition) is 0. The minimum atomic E-state index is -2.17. The van der Waals surface area contributed by atoms with Crippen molar-refractivity contribution in [2.45, 2.75) is 0 Å². The molecule has 0 saturated heterocycles. The Kier molecular flexibility index (Phi) is 7.79. The molecule has 0 spiro atoms. The molecule has 0 fully saturated rings. The molecule has 0 bridgehead atoms. The van der Waals surface area contributed by atoms with E-state index in [1.54, 1.807) is 0 Å². The average molecular weight is 406 g/mol. The van der Waals surface area contributed by atoms with Crippen LogP contribution in [-0.4, -0.2) is 19.8 Å². The van der Waals surface area contributed by atoms with Gasteiger partial charge >= 0.3 is 0 Å². The summed E-state index contributed by atoms with van der Waals surface area (Å²) in [5.41, 5.74) is 2.05. The minimum Gasteiger partial charge on any atom is -0.223 e. The molecular formula is C12H2F10Ga. The molecule has 0 aliphatic heterocycles. The second-order valence-corrected chi connectivity index (χ2v) is 3.39. The van der Waals surface area contributed by atoms with E-state index in [0.717, 1.165) is 11.5 Å². The van der Waals surface area contributed by atoms with Crippen molar-refractivity contribution in [3.8, 4) is 0 Å². The van der Waals surface area contributed by atoms with E-state index >= 15 is 0 Å². The number of allylic oxidation sites excluding steroid dienone is 6. The number of rotatable bonds is 0. The smallest absolute Gasteiger partial charge is 0.223 e. The maximum Gasteiger partial charge on any atom is 0.270 e. The fraction of sp³-hybridized carbons (Fsp3) is 0. The van der Waals surface area contributed by atoms with Crippen LogP contribution in [0.4, 0.5) is 43.9 Å². The van der Waals surface area contributed by atoms with Crippen molar-refractivity contribution in [2.75, 3.05) is 0 Å². The Balaban J connectivity index is 0. The molecule has 0 aromatic rings. The molecule has 0 unspecified atom stereocenters. The maximum absolute atomic E-state index is 12.0. The quantitative estimate of drug-likeness (QED) is 0.272. The van der Waals surface area contributed by atoms with Gasteiger partial charge in [0.1, 0.15) is 0 Å². The molecule has 0 amide bonds. The Morgan fingerprint density at radius 3 is 0.957 bits per heavy atom. The molecule has 123 valence electrons. The van der Waals surface area contributed by atoms with Crippen molar-refractivity contribution in [1.29, 1.82) is 0 Å². The summed E-state index contributed by atoms with van der Waals surface area (Å²) in [6.07, 6.45) is -4.13. The molecule has 5 radical (unpaired) electrons. The molecule has 2 aliphatic carbocycles. The van der Waals surface area contributed by atoms with E-state index in [1.807, 2.05) is 0 Å². The van der Waals surface area contributed by atoms with Crippen molar-refractivity contribution >= 4 is 19.8 Å². The summed E-state index contributed by atoms with van der Waals surface area (Å²) in [4.78, 5) is 0. The van der Waals surface area contributed by atoms with Crippen molar-refractivity contribution in [1.82, 2.24) is 0 Å². The Morgan fingerprint density at radius 1 is 0.435 bits per heavy atom. The average Bonchev–Trinajstić information content (AvgIpc) is 2.47. The van der Waals surface area contributed by atoms with Crippen LogP contribution in [0, 0.1) is 12.3 Å². The molecular weight excluding hydrogens is 404 g/mol. The van der Waals surface area contributed by atoms with Crippen molar-refractivity contribution < 1.29 is 45.3 Å². The summed E-state index contributed by atoms with van der Waals surface area (Å²) in [6.45, 7) is 0. The summed E-state index contributed by atoms with van der Waals surface area (Å²) in [7, 11) is 0. The molecule has 0 saturated carbocycles. The van der Waals surface area contributed by atoms with Crippen molar-refractivity contribution in [3.05, 3.63) is 70.4 Å². The monoisotopic (exact) mass is 405 g/mol. The molecule has 0 heterocycles. The van der Waals surface area contributed by atoms with Gasteiger partial charge in [-0.15, -0.1) is 0 Å². The largest absolute Gasteiger partial charge is 0.270 e. The third-order valence-corrected chi connectivity index (χ3v) is 1.98. The van der Waals surface area contributed by atoms with Crippen LogP contribution in [0.3, 0.4) is 0 Å². The zero-order chi connectivity index (χ0) is 17.2. The minimum absolute atomic E-state index is 0. The number of hydrogen-bond acceptors (Lipinski definition) is 0. The van der Waals surface area contributed by atoms with E-state index in [-0.39, 0.29) is 21.2 Å². The van der Waals surface area contributed by atoms with E-state index in [2.05, 4.69) is 0 Å². The van der Waals surface area contributed by atoms with Gasteiger partial charge < -0.3 is 0 Å². The van der Waals surface area contributed by atoms with Gasteiger partial charge in [0.15, 0.2) is 23.3 Å². The summed E-state index contributed by atoms with van der Waals surface area (Å²) in [5.74, 6) is -16.0. The van der Waals surface area contributed by atoms with Gasteiger partial charge in [-0.1, -0.05) is 0 Å². The van der Waals surface area contributed by atoms with Gasteiger partial charge in [-0.3, -0.25) is 0 Å². The first kappa shape index (κ1) is 21.5. The third-order valence-electron chi connectivity index (χ3n) is 1.98.